The lowest BCUT2D eigenvalue weighted by atomic mass is 9.63. The molecule has 0 aliphatic heterocycles. The van der Waals surface area contributed by atoms with E-state index >= 15 is 0 Å². The van der Waals surface area contributed by atoms with E-state index in [-0.39, 0.29) is 18.8 Å². The van der Waals surface area contributed by atoms with E-state index in [0.717, 1.165) is 30.6 Å². The number of hydrogen-bond acceptors (Lipinski definition) is 0. The second kappa shape index (κ2) is 9.32. The van der Waals surface area contributed by atoms with Gasteiger partial charge in [0.1, 0.15) is 12.3 Å². The molecule has 0 N–H and O–H groups in total. The maximum absolute atomic E-state index is 14.0. The fourth-order valence-electron chi connectivity index (χ4n) is 6.50. The SMILES string of the molecule is CCCC(C1CCC(C2CCC(C)CC2)CC1)C1CC(F)C(F)C(F)C1. The van der Waals surface area contributed by atoms with Crippen molar-refractivity contribution >= 4 is 0 Å². The van der Waals surface area contributed by atoms with Gasteiger partial charge in [0.05, 0.1) is 0 Å². The molecule has 0 aromatic carbocycles. The summed E-state index contributed by atoms with van der Waals surface area (Å²) in [4.78, 5) is 0. The molecule has 3 unspecified atom stereocenters. The molecule has 3 saturated carbocycles. The lowest BCUT2D eigenvalue weighted by molar-refractivity contribution is -0.0142. The number of halogens is 3. The third-order valence-corrected chi connectivity index (χ3v) is 8.12. The van der Waals surface area contributed by atoms with Gasteiger partial charge in [0, 0.05) is 0 Å². The summed E-state index contributed by atoms with van der Waals surface area (Å²) < 4.78 is 41.5. The third-order valence-electron chi connectivity index (χ3n) is 8.12. The van der Waals surface area contributed by atoms with Gasteiger partial charge in [-0.3, -0.25) is 0 Å². The molecule has 152 valence electrons. The van der Waals surface area contributed by atoms with Gasteiger partial charge in [-0.2, -0.15) is 0 Å². The Morgan fingerprint density at radius 2 is 1.23 bits per heavy atom. The highest BCUT2D eigenvalue weighted by Gasteiger charge is 2.43. The standard InChI is InChI=1S/C23H39F3/c1-3-4-20(19-13-21(24)23(26)22(25)14-19)18-11-9-17(10-12-18)16-7-5-15(2)6-8-16/h15-23H,3-14H2,1-2H3. The van der Waals surface area contributed by atoms with E-state index < -0.39 is 18.5 Å². The molecule has 0 nitrogen and oxygen atoms in total. The summed E-state index contributed by atoms with van der Waals surface area (Å²) in [6, 6.07) is 0. The van der Waals surface area contributed by atoms with Crippen molar-refractivity contribution in [2.45, 2.75) is 109 Å². The maximum Gasteiger partial charge on any atom is 0.162 e. The topological polar surface area (TPSA) is 0 Å². The van der Waals surface area contributed by atoms with Crippen LogP contribution in [0.25, 0.3) is 0 Å². The molecule has 0 radical (unpaired) electrons. The molecule has 0 aromatic rings. The normalized spacial score (nSPS) is 46.0. The molecule has 0 heterocycles. The molecule has 0 aromatic heterocycles. The molecule has 0 spiro atoms. The van der Waals surface area contributed by atoms with Crippen LogP contribution in [0.5, 0.6) is 0 Å². The van der Waals surface area contributed by atoms with Gasteiger partial charge in [-0.25, -0.2) is 13.2 Å². The lowest BCUT2D eigenvalue weighted by Gasteiger charge is -2.43. The van der Waals surface area contributed by atoms with E-state index in [1.165, 1.54) is 51.4 Å². The average Bonchev–Trinajstić information content (AvgIpc) is 2.65. The smallest absolute Gasteiger partial charge is 0.162 e. The van der Waals surface area contributed by atoms with Crippen LogP contribution < -0.4 is 0 Å². The molecule has 3 aliphatic rings. The first-order valence-corrected chi connectivity index (χ1v) is 11.4. The number of rotatable bonds is 5. The van der Waals surface area contributed by atoms with Gasteiger partial charge in [0.2, 0.25) is 0 Å². The molecule has 0 saturated heterocycles. The van der Waals surface area contributed by atoms with Gasteiger partial charge >= 0.3 is 0 Å². The predicted octanol–water partition coefficient (Wildman–Crippen LogP) is 7.46. The van der Waals surface area contributed by atoms with Gasteiger partial charge in [-0.05, 0) is 86.9 Å². The van der Waals surface area contributed by atoms with Crippen LogP contribution in [0.15, 0.2) is 0 Å². The van der Waals surface area contributed by atoms with Crippen molar-refractivity contribution < 1.29 is 13.2 Å². The Morgan fingerprint density at radius 1 is 0.731 bits per heavy atom. The summed E-state index contributed by atoms with van der Waals surface area (Å²) in [7, 11) is 0. The van der Waals surface area contributed by atoms with Crippen LogP contribution in [0.2, 0.25) is 0 Å². The van der Waals surface area contributed by atoms with E-state index in [1.54, 1.807) is 0 Å². The van der Waals surface area contributed by atoms with Crippen molar-refractivity contribution in [1.82, 2.24) is 0 Å². The lowest BCUT2D eigenvalue weighted by Crippen LogP contribution is -2.41. The molecule has 3 heteroatoms. The largest absolute Gasteiger partial charge is 0.244 e. The zero-order valence-corrected chi connectivity index (χ0v) is 16.8. The van der Waals surface area contributed by atoms with E-state index in [2.05, 4.69) is 13.8 Å². The van der Waals surface area contributed by atoms with Gasteiger partial charge in [-0.1, -0.05) is 39.5 Å². The van der Waals surface area contributed by atoms with Crippen LogP contribution in [0.4, 0.5) is 13.2 Å². The minimum Gasteiger partial charge on any atom is -0.244 e. The summed E-state index contributed by atoms with van der Waals surface area (Å²) >= 11 is 0. The summed E-state index contributed by atoms with van der Waals surface area (Å²) in [6.45, 7) is 4.55. The van der Waals surface area contributed by atoms with E-state index in [1.807, 2.05) is 0 Å². The Morgan fingerprint density at radius 3 is 1.73 bits per heavy atom. The Labute approximate surface area is 158 Å². The minimum absolute atomic E-state index is 0.0454. The number of alkyl halides is 3. The van der Waals surface area contributed by atoms with E-state index in [9.17, 15) is 13.2 Å². The van der Waals surface area contributed by atoms with Crippen molar-refractivity contribution in [3.05, 3.63) is 0 Å². The Balaban J connectivity index is 1.55. The van der Waals surface area contributed by atoms with Crippen molar-refractivity contribution in [2.24, 2.45) is 35.5 Å². The third kappa shape index (κ3) is 4.79. The summed E-state index contributed by atoms with van der Waals surface area (Å²) in [5, 5.41) is 0. The first kappa shape index (κ1) is 20.5. The summed E-state index contributed by atoms with van der Waals surface area (Å²) in [6.07, 6.45) is 8.19. The van der Waals surface area contributed by atoms with Crippen molar-refractivity contribution in [3.63, 3.8) is 0 Å². The molecule has 26 heavy (non-hydrogen) atoms. The van der Waals surface area contributed by atoms with Gasteiger partial charge in [0.25, 0.3) is 0 Å². The van der Waals surface area contributed by atoms with Crippen LogP contribution in [0.1, 0.15) is 90.9 Å². The summed E-state index contributed by atoms with van der Waals surface area (Å²) in [5.74, 6) is 3.76. The molecule has 0 amide bonds. The average molecular weight is 373 g/mol. The molecule has 3 rings (SSSR count). The first-order chi connectivity index (χ1) is 12.5. The minimum atomic E-state index is -1.89. The molecule has 3 atom stereocenters. The fraction of sp³-hybridized carbons (Fsp3) is 1.00. The Kier molecular flexibility index (Phi) is 7.36. The highest BCUT2D eigenvalue weighted by Crippen LogP contribution is 2.47. The Bertz CT molecular complexity index is 398. The molecular weight excluding hydrogens is 333 g/mol. The Hall–Kier alpha value is -0.210. The molecule has 3 fully saturated rings. The van der Waals surface area contributed by atoms with Crippen LogP contribution >= 0.6 is 0 Å². The highest BCUT2D eigenvalue weighted by molar-refractivity contribution is 4.92. The molecule has 0 bridgehead atoms. The second-order valence-electron chi connectivity index (χ2n) is 9.86. The first-order valence-electron chi connectivity index (χ1n) is 11.4. The molecule has 3 aliphatic carbocycles. The maximum atomic E-state index is 14.0. The molecular formula is C23H39F3. The monoisotopic (exact) mass is 372 g/mol. The van der Waals surface area contributed by atoms with Crippen LogP contribution in [0, 0.1) is 35.5 Å². The second-order valence-corrected chi connectivity index (χ2v) is 9.86. The summed E-state index contributed by atoms with van der Waals surface area (Å²) in [5.41, 5.74) is 0. The van der Waals surface area contributed by atoms with Crippen molar-refractivity contribution in [3.8, 4) is 0 Å². The van der Waals surface area contributed by atoms with Gasteiger partial charge in [0.15, 0.2) is 6.17 Å². The van der Waals surface area contributed by atoms with Crippen molar-refractivity contribution in [1.29, 1.82) is 0 Å². The highest BCUT2D eigenvalue weighted by atomic mass is 19.2. The van der Waals surface area contributed by atoms with Crippen LogP contribution in [0.3, 0.4) is 0 Å². The van der Waals surface area contributed by atoms with Crippen LogP contribution in [-0.4, -0.2) is 18.5 Å². The van der Waals surface area contributed by atoms with Gasteiger partial charge in [-0.15, -0.1) is 0 Å². The quantitative estimate of drug-likeness (QED) is 0.470. The van der Waals surface area contributed by atoms with Crippen LogP contribution in [-0.2, 0) is 0 Å². The number of hydrogen-bond donors (Lipinski definition) is 0. The van der Waals surface area contributed by atoms with Crippen molar-refractivity contribution in [2.75, 3.05) is 0 Å². The zero-order valence-electron chi connectivity index (χ0n) is 16.8. The van der Waals surface area contributed by atoms with E-state index in [4.69, 9.17) is 0 Å². The predicted molar refractivity (Wildman–Crippen MR) is 102 cm³/mol. The fourth-order valence-corrected chi connectivity index (χ4v) is 6.50. The zero-order chi connectivity index (χ0) is 18.7. The van der Waals surface area contributed by atoms with Gasteiger partial charge < -0.3 is 0 Å². The van der Waals surface area contributed by atoms with E-state index in [0.29, 0.717) is 11.8 Å².